The van der Waals surface area contributed by atoms with Gasteiger partial charge in [-0.3, -0.25) is 4.79 Å². The van der Waals surface area contributed by atoms with Gasteiger partial charge in [0, 0.05) is 10.9 Å². The van der Waals surface area contributed by atoms with Gasteiger partial charge < -0.3 is 9.47 Å². The van der Waals surface area contributed by atoms with Crippen LogP contribution in [0.15, 0.2) is 44.7 Å². The third kappa shape index (κ3) is 5.43. The smallest absolute Gasteiger partial charge is 0.282 e. The first-order valence-electron chi connectivity index (χ1n) is 9.61. The molecule has 1 heterocycles. The van der Waals surface area contributed by atoms with Gasteiger partial charge in [0.25, 0.3) is 5.56 Å². The lowest BCUT2D eigenvalue weighted by atomic mass is 10.2. The Hall–Kier alpha value is -2.45. The molecule has 1 aromatic heterocycles. The second kappa shape index (κ2) is 10.7. The SMILES string of the molecule is CCCCc1nc2ccc(Br)cc2c(=O)n1N=Cc1cc(I)c(OCC#N)c(OC)c1. The standard InChI is InChI=1S/C22H20BrIN4O3/c1-3-4-5-20-27-18-7-6-15(23)12-16(18)22(29)28(20)26-13-14-10-17(24)21(31-9-8-25)19(11-14)30-2/h6-7,10-13H,3-5,9H2,1-2H3. The quantitative estimate of drug-likeness (QED) is 0.273. The van der Waals surface area contributed by atoms with Crippen LogP contribution in [0.1, 0.15) is 31.2 Å². The summed E-state index contributed by atoms with van der Waals surface area (Å²) in [6, 6.07) is 11.0. The highest BCUT2D eigenvalue weighted by atomic mass is 127. The number of unbranched alkanes of at least 4 members (excludes halogenated alkanes) is 1. The molecule has 0 N–H and O–H groups in total. The van der Waals surface area contributed by atoms with Crippen LogP contribution in [-0.2, 0) is 6.42 Å². The number of methoxy groups -OCH3 is 1. The Morgan fingerprint density at radius 2 is 2.16 bits per heavy atom. The van der Waals surface area contributed by atoms with Crippen LogP contribution >= 0.6 is 38.5 Å². The molecule has 0 spiro atoms. The molecule has 0 aliphatic rings. The molecule has 3 aromatic rings. The zero-order chi connectivity index (χ0) is 22.4. The Balaban J connectivity index is 2.07. The Morgan fingerprint density at radius 3 is 2.87 bits per heavy atom. The monoisotopic (exact) mass is 594 g/mol. The van der Waals surface area contributed by atoms with Crippen molar-refractivity contribution in [3.8, 4) is 17.6 Å². The summed E-state index contributed by atoms with van der Waals surface area (Å²) in [6.45, 7) is 2.02. The van der Waals surface area contributed by atoms with Gasteiger partial charge in [0.15, 0.2) is 18.1 Å². The van der Waals surface area contributed by atoms with Gasteiger partial charge in [-0.25, -0.2) is 4.98 Å². The summed E-state index contributed by atoms with van der Waals surface area (Å²) in [5, 5.41) is 13.7. The van der Waals surface area contributed by atoms with Crippen LogP contribution in [-0.4, -0.2) is 29.6 Å². The zero-order valence-electron chi connectivity index (χ0n) is 17.1. The van der Waals surface area contributed by atoms with Crippen molar-refractivity contribution in [1.82, 2.24) is 9.66 Å². The van der Waals surface area contributed by atoms with E-state index < -0.39 is 0 Å². The summed E-state index contributed by atoms with van der Waals surface area (Å²) in [5.74, 6) is 1.61. The Labute approximate surface area is 202 Å². The van der Waals surface area contributed by atoms with E-state index in [9.17, 15) is 4.79 Å². The number of hydrogen-bond acceptors (Lipinski definition) is 6. The second-order valence-electron chi connectivity index (χ2n) is 6.64. The van der Waals surface area contributed by atoms with E-state index in [1.807, 2.05) is 24.3 Å². The number of rotatable bonds is 8. The van der Waals surface area contributed by atoms with Gasteiger partial charge in [0.2, 0.25) is 0 Å². The van der Waals surface area contributed by atoms with Crippen molar-refractivity contribution < 1.29 is 9.47 Å². The minimum atomic E-state index is -0.218. The number of benzene rings is 2. The molecule has 0 aliphatic heterocycles. The lowest BCUT2D eigenvalue weighted by molar-refractivity contribution is 0.327. The fraction of sp³-hybridized carbons (Fsp3) is 0.273. The third-order valence-corrected chi connectivity index (χ3v) is 5.78. The molecule has 0 bridgehead atoms. The van der Waals surface area contributed by atoms with E-state index in [0.717, 1.165) is 26.4 Å². The van der Waals surface area contributed by atoms with Crippen molar-refractivity contribution in [2.24, 2.45) is 5.10 Å². The van der Waals surface area contributed by atoms with E-state index >= 15 is 0 Å². The number of fused-ring (bicyclic) bond motifs is 1. The maximum atomic E-state index is 13.2. The summed E-state index contributed by atoms with van der Waals surface area (Å²) in [4.78, 5) is 17.8. The number of aromatic nitrogens is 2. The van der Waals surface area contributed by atoms with E-state index in [0.29, 0.717) is 34.6 Å². The number of nitriles is 1. The Bertz CT molecular complexity index is 1230. The zero-order valence-corrected chi connectivity index (χ0v) is 20.8. The van der Waals surface area contributed by atoms with E-state index in [1.54, 1.807) is 18.3 Å². The van der Waals surface area contributed by atoms with Crippen LogP contribution in [0.25, 0.3) is 10.9 Å². The van der Waals surface area contributed by atoms with Gasteiger partial charge in [-0.05, 0) is 64.9 Å². The lowest BCUT2D eigenvalue weighted by Crippen LogP contribution is -2.22. The van der Waals surface area contributed by atoms with Gasteiger partial charge in [0.05, 0.1) is 27.8 Å². The minimum Gasteiger partial charge on any atom is -0.493 e. The molecule has 0 aliphatic carbocycles. The van der Waals surface area contributed by atoms with Gasteiger partial charge >= 0.3 is 0 Å². The molecule has 0 unspecified atom stereocenters. The maximum Gasteiger partial charge on any atom is 0.282 e. The fourth-order valence-electron chi connectivity index (χ4n) is 2.99. The summed E-state index contributed by atoms with van der Waals surface area (Å²) >= 11 is 5.53. The molecule has 9 heteroatoms. The first-order valence-corrected chi connectivity index (χ1v) is 11.5. The van der Waals surface area contributed by atoms with Crippen molar-refractivity contribution in [2.45, 2.75) is 26.2 Å². The van der Waals surface area contributed by atoms with Gasteiger partial charge in [-0.15, -0.1) is 0 Å². The Morgan fingerprint density at radius 1 is 1.35 bits per heavy atom. The molecule has 0 amide bonds. The number of ether oxygens (including phenoxy) is 2. The average molecular weight is 595 g/mol. The topological polar surface area (TPSA) is 89.5 Å². The second-order valence-corrected chi connectivity index (χ2v) is 8.71. The van der Waals surface area contributed by atoms with Crippen molar-refractivity contribution in [1.29, 1.82) is 5.26 Å². The number of hydrogen-bond donors (Lipinski definition) is 0. The van der Waals surface area contributed by atoms with E-state index in [-0.39, 0.29) is 12.2 Å². The summed E-state index contributed by atoms with van der Waals surface area (Å²) in [6.07, 6.45) is 4.14. The predicted molar refractivity (Wildman–Crippen MR) is 132 cm³/mol. The highest BCUT2D eigenvalue weighted by Gasteiger charge is 2.13. The molecule has 0 saturated heterocycles. The molecule has 2 aromatic carbocycles. The summed E-state index contributed by atoms with van der Waals surface area (Å²) < 4.78 is 13.8. The van der Waals surface area contributed by atoms with Crippen LogP contribution in [0, 0.1) is 14.9 Å². The Kier molecular flexibility index (Phi) is 8.03. The van der Waals surface area contributed by atoms with Crippen LogP contribution in [0.2, 0.25) is 0 Å². The molecule has 7 nitrogen and oxygen atoms in total. The van der Waals surface area contributed by atoms with Crippen LogP contribution < -0.4 is 15.0 Å². The molecule has 0 saturated carbocycles. The highest BCUT2D eigenvalue weighted by molar-refractivity contribution is 14.1. The van der Waals surface area contributed by atoms with Crippen LogP contribution in [0.5, 0.6) is 11.5 Å². The fourth-order valence-corrected chi connectivity index (χ4v) is 4.14. The van der Waals surface area contributed by atoms with Crippen molar-refractivity contribution >= 4 is 55.6 Å². The molecular weight excluding hydrogens is 575 g/mol. The van der Waals surface area contributed by atoms with E-state index in [1.165, 1.54) is 11.8 Å². The summed E-state index contributed by atoms with van der Waals surface area (Å²) in [5.41, 5.74) is 1.17. The first-order chi connectivity index (χ1) is 15.0. The number of nitrogens with zero attached hydrogens (tertiary/aromatic N) is 4. The number of aryl methyl sites for hydroxylation is 1. The lowest BCUT2D eigenvalue weighted by Gasteiger charge is -2.12. The average Bonchev–Trinajstić information content (AvgIpc) is 2.76. The first kappa shape index (κ1) is 23.2. The van der Waals surface area contributed by atoms with Crippen LogP contribution in [0.3, 0.4) is 0 Å². The largest absolute Gasteiger partial charge is 0.493 e. The van der Waals surface area contributed by atoms with E-state index in [4.69, 9.17) is 14.7 Å². The molecule has 0 fully saturated rings. The van der Waals surface area contributed by atoms with Crippen molar-refractivity contribution in [3.05, 3.63) is 60.1 Å². The van der Waals surface area contributed by atoms with Gasteiger partial charge in [0.1, 0.15) is 11.9 Å². The maximum absolute atomic E-state index is 13.2. The molecule has 0 atom stereocenters. The van der Waals surface area contributed by atoms with Gasteiger partial charge in [-0.1, -0.05) is 29.3 Å². The molecule has 160 valence electrons. The molecule has 0 radical (unpaired) electrons. The minimum absolute atomic E-state index is 0.0751. The molecule has 3 rings (SSSR count). The van der Waals surface area contributed by atoms with Crippen molar-refractivity contribution in [2.75, 3.05) is 13.7 Å². The van der Waals surface area contributed by atoms with Gasteiger partial charge in [-0.2, -0.15) is 15.0 Å². The molecular formula is C22H20BrIN4O3. The normalized spacial score (nSPS) is 11.1. The molecule has 31 heavy (non-hydrogen) atoms. The predicted octanol–water partition coefficient (Wildman–Crippen LogP) is 4.90. The van der Waals surface area contributed by atoms with Crippen molar-refractivity contribution in [3.63, 3.8) is 0 Å². The third-order valence-electron chi connectivity index (χ3n) is 4.48. The number of halogens is 2. The van der Waals surface area contributed by atoms with Crippen LogP contribution in [0.4, 0.5) is 0 Å². The van der Waals surface area contributed by atoms with E-state index in [2.05, 4.69) is 55.5 Å². The highest BCUT2D eigenvalue weighted by Crippen LogP contribution is 2.33. The summed E-state index contributed by atoms with van der Waals surface area (Å²) in [7, 11) is 1.53.